The SMILES string of the molecule is Cc1ccc(S(=O)(=O)Nc2cccc(C(=O)Nc3ccc(N4CCCC4)cc3)c2)cc1. The van der Waals surface area contributed by atoms with Crippen LogP contribution in [0.3, 0.4) is 0 Å². The third-order valence-electron chi connectivity index (χ3n) is 5.30. The predicted molar refractivity (Wildman–Crippen MR) is 124 cm³/mol. The third kappa shape index (κ3) is 5.06. The third-order valence-corrected chi connectivity index (χ3v) is 6.70. The Morgan fingerprint density at radius 2 is 1.55 bits per heavy atom. The van der Waals surface area contributed by atoms with Gasteiger partial charge in [-0.15, -0.1) is 0 Å². The summed E-state index contributed by atoms with van der Waals surface area (Å²) in [6.45, 7) is 4.03. The zero-order valence-electron chi connectivity index (χ0n) is 17.3. The van der Waals surface area contributed by atoms with Crippen molar-refractivity contribution in [2.24, 2.45) is 0 Å². The highest BCUT2D eigenvalue weighted by Crippen LogP contribution is 2.23. The fraction of sp³-hybridized carbons (Fsp3) is 0.208. The molecule has 0 aliphatic carbocycles. The normalized spacial score (nSPS) is 13.8. The molecule has 1 aliphatic heterocycles. The molecule has 31 heavy (non-hydrogen) atoms. The number of rotatable bonds is 6. The molecule has 1 amide bonds. The first-order valence-corrected chi connectivity index (χ1v) is 11.7. The molecule has 1 fully saturated rings. The minimum atomic E-state index is -3.73. The van der Waals surface area contributed by atoms with Gasteiger partial charge in [-0.25, -0.2) is 8.42 Å². The van der Waals surface area contributed by atoms with Crippen molar-refractivity contribution < 1.29 is 13.2 Å². The summed E-state index contributed by atoms with van der Waals surface area (Å²) in [6, 6.07) is 20.8. The van der Waals surface area contributed by atoms with Gasteiger partial charge in [0.25, 0.3) is 15.9 Å². The molecule has 3 aromatic carbocycles. The summed E-state index contributed by atoms with van der Waals surface area (Å²) in [5.74, 6) is -0.301. The van der Waals surface area contributed by atoms with Gasteiger partial charge in [0.2, 0.25) is 0 Å². The van der Waals surface area contributed by atoms with E-state index in [-0.39, 0.29) is 10.8 Å². The second kappa shape index (κ2) is 8.81. The molecule has 0 spiro atoms. The quantitative estimate of drug-likeness (QED) is 0.591. The van der Waals surface area contributed by atoms with Crippen LogP contribution in [0.25, 0.3) is 0 Å². The summed E-state index contributed by atoms with van der Waals surface area (Å²) in [5.41, 5.74) is 3.53. The maximum Gasteiger partial charge on any atom is 0.261 e. The first kappa shape index (κ1) is 20.9. The molecule has 6 nitrogen and oxygen atoms in total. The summed E-state index contributed by atoms with van der Waals surface area (Å²) in [7, 11) is -3.73. The Morgan fingerprint density at radius 3 is 2.23 bits per heavy atom. The highest BCUT2D eigenvalue weighted by Gasteiger charge is 2.16. The van der Waals surface area contributed by atoms with Crippen LogP contribution >= 0.6 is 0 Å². The van der Waals surface area contributed by atoms with Crippen molar-refractivity contribution in [3.8, 4) is 0 Å². The molecular weight excluding hydrogens is 410 g/mol. The maximum absolute atomic E-state index is 12.7. The van der Waals surface area contributed by atoms with E-state index in [9.17, 15) is 13.2 Å². The zero-order chi connectivity index (χ0) is 21.8. The Balaban J connectivity index is 1.45. The highest BCUT2D eigenvalue weighted by molar-refractivity contribution is 7.92. The molecule has 1 saturated heterocycles. The Kier molecular flexibility index (Phi) is 5.95. The maximum atomic E-state index is 12.7. The van der Waals surface area contributed by atoms with E-state index in [1.165, 1.54) is 18.9 Å². The minimum absolute atomic E-state index is 0.172. The Labute approximate surface area is 183 Å². The number of carbonyl (C=O) groups excluding carboxylic acids is 1. The standard InChI is InChI=1S/C24H25N3O3S/c1-18-7-13-23(14-8-18)31(29,30)26-21-6-4-5-19(17-21)24(28)25-20-9-11-22(12-10-20)27-15-2-3-16-27/h4-14,17,26H,2-3,15-16H2,1H3,(H,25,28). The average molecular weight is 436 g/mol. The van der Waals surface area contributed by atoms with Gasteiger partial charge in [0.15, 0.2) is 0 Å². The van der Waals surface area contributed by atoms with Crippen molar-refractivity contribution in [1.82, 2.24) is 0 Å². The van der Waals surface area contributed by atoms with E-state index >= 15 is 0 Å². The van der Waals surface area contributed by atoms with Crippen molar-refractivity contribution in [2.45, 2.75) is 24.7 Å². The van der Waals surface area contributed by atoms with Gasteiger partial charge in [-0.3, -0.25) is 9.52 Å². The van der Waals surface area contributed by atoms with Gasteiger partial charge in [-0.05, 0) is 74.4 Å². The average Bonchev–Trinajstić information content (AvgIpc) is 3.29. The lowest BCUT2D eigenvalue weighted by molar-refractivity contribution is 0.102. The van der Waals surface area contributed by atoms with E-state index in [1.54, 1.807) is 42.5 Å². The summed E-state index contributed by atoms with van der Waals surface area (Å²) in [5, 5.41) is 2.87. The second-order valence-electron chi connectivity index (χ2n) is 7.69. The van der Waals surface area contributed by atoms with E-state index < -0.39 is 10.0 Å². The topological polar surface area (TPSA) is 78.5 Å². The lowest BCUT2D eigenvalue weighted by Crippen LogP contribution is -2.17. The van der Waals surface area contributed by atoms with Crippen LogP contribution < -0.4 is 14.9 Å². The molecule has 160 valence electrons. The first-order chi connectivity index (χ1) is 14.9. The predicted octanol–water partition coefficient (Wildman–Crippen LogP) is 4.65. The van der Waals surface area contributed by atoms with Gasteiger partial charge in [0.05, 0.1) is 4.90 Å². The van der Waals surface area contributed by atoms with Gasteiger partial charge in [-0.2, -0.15) is 0 Å². The molecular formula is C24H25N3O3S. The van der Waals surface area contributed by atoms with Crippen LogP contribution in [0.4, 0.5) is 17.1 Å². The minimum Gasteiger partial charge on any atom is -0.372 e. The number of nitrogens with zero attached hydrogens (tertiary/aromatic N) is 1. The Morgan fingerprint density at radius 1 is 0.871 bits per heavy atom. The van der Waals surface area contributed by atoms with E-state index in [1.807, 2.05) is 31.2 Å². The lowest BCUT2D eigenvalue weighted by Gasteiger charge is -2.17. The van der Waals surface area contributed by atoms with Crippen LogP contribution in [0.15, 0.2) is 77.7 Å². The van der Waals surface area contributed by atoms with E-state index in [0.717, 1.165) is 24.3 Å². The number of carbonyl (C=O) groups is 1. The van der Waals surface area contributed by atoms with Crippen molar-refractivity contribution in [2.75, 3.05) is 28.0 Å². The van der Waals surface area contributed by atoms with Crippen LogP contribution in [0.2, 0.25) is 0 Å². The largest absolute Gasteiger partial charge is 0.372 e. The van der Waals surface area contributed by atoms with Gasteiger partial charge >= 0.3 is 0 Å². The number of amides is 1. The van der Waals surface area contributed by atoms with Gasteiger partial charge in [0, 0.05) is 35.7 Å². The monoisotopic (exact) mass is 435 g/mol. The molecule has 7 heteroatoms. The van der Waals surface area contributed by atoms with Crippen LogP contribution in [-0.4, -0.2) is 27.4 Å². The molecule has 0 bridgehead atoms. The van der Waals surface area contributed by atoms with Crippen molar-refractivity contribution in [1.29, 1.82) is 0 Å². The first-order valence-electron chi connectivity index (χ1n) is 10.3. The van der Waals surface area contributed by atoms with E-state index in [4.69, 9.17) is 0 Å². The van der Waals surface area contributed by atoms with Crippen molar-refractivity contribution in [3.05, 3.63) is 83.9 Å². The number of anilines is 3. The molecule has 0 aromatic heterocycles. The van der Waals surface area contributed by atoms with Crippen molar-refractivity contribution in [3.63, 3.8) is 0 Å². The molecule has 4 rings (SSSR count). The Bertz CT molecular complexity index is 1170. The summed E-state index contributed by atoms with van der Waals surface area (Å²) >= 11 is 0. The number of sulfonamides is 1. The van der Waals surface area contributed by atoms with Gasteiger partial charge in [0.1, 0.15) is 0 Å². The summed E-state index contributed by atoms with van der Waals surface area (Å²) in [4.78, 5) is 15.2. The number of benzene rings is 3. The van der Waals surface area contributed by atoms with Crippen LogP contribution in [0.5, 0.6) is 0 Å². The fourth-order valence-electron chi connectivity index (χ4n) is 3.59. The molecule has 0 radical (unpaired) electrons. The van der Waals surface area contributed by atoms with Crippen LogP contribution in [-0.2, 0) is 10.0 Å². The number of nitrogens with one attached hydrogen (secondary N) is 2. The number of hydrogen-bond acceptors (Lipinski definition) is 4. The highest BCUT2D eigenvalue weighted by atomic mass is 32.2. The van der Waals surface area contributed by atoms with Gasteiger partial charge < -0.3 is 10.2 Å². The summed E-state index contributed by atoms with van der Waals surface area (Å²) < 4.78 is 27.8. The molecule has 2 N–H and O–H groups in total. The van der Waals surface area contributed by atoms with E-state index in [2.05, 4.69) is 14.9 Å². The molecule has 1 heterocycles. The molecule has 0 saturated carbocycles. The zero-order valence-corrected chi connectivity index (χ0v) is 18.2. The van der Waals surface area contributed by atoms with Crippen LogP contribution in [0.1, 0.15) is 28.8 Å². The molecule has 0 atom stereocenters. The van der Waals surface area contributed by atoms with E-state index in [0.29, 0.717) is 16.9 Å². The lowest BCUT2D eigenvalue weighted by atomic mass is 10.2. The second-order valence-corrected chi connectivity index (χ2v) is 9.38. The van der Waals surface area contributed by atoms with Crippen molar-refractivity contribution >= 4 is 33.0 Å². The smallest absolute Gasteiger partial charge is 0.261 e. The Hall–Kier alpha value is -3.32. The fourth-order valence-corrected chi connectivity index (χ4v) is 4.64. The van der Waals surface area contributed by atoms with Gasteiger partial charge in [-0.1, -0.05) is 23.8 Å². The number of hydrogen-bond donors (Lipinski definition) is 2. The molecule has 3 aromatic rings. The number of aryl methyl sites for hydroxylation is 1. The summed E-state index contributed by atoms with van der Waals surface area (Å²) in [6.07, 6.45) is 2.42. The van der Waals surface area contributed by atoms with Crippen LogP contribution in [0, 0.1) is 6.92 Å². The molecule has 0 unspecified atom stereocenters. The molecule has 1 aliphatic rings.